The van der Waals surface area contributed by atoms with Gasteiger partial charge < -0.3 is 14.5 Å². The molecule has 1 fully saturated rings. The highest BCUT2D eigenvalue weighted by atomic mass is 19.4. The second kappa shape index (κ2) is 8.31. The summed E-state index contributed by atoms with van der Waals surface area (Å²) in [5.41, 5.74) is -0.705. The number of nitriles is 1. The fraction of sp³-hybridized carbons (Fsp3) is 0.300. The van der Waals surface area contributed by atoms with Gasteiger partial charge in [-0.2, -0.15) is 18.4 Å². The number of rotatable bonds is 5. The highest BCUT2D eigenvalue weighted by Gasteiger charge is 2.30. The molecule has 1 unspecified atom stereocenters. The van der Waals surface area contributed by atoms with Crippen LogP contribution in [0.15, 0.2) is 46.4 Å². The Morgan fingerprint density at radius 2 is 2.14 bits per heavy atom. The average Bonchev–Trinajstić information content (AvgIpc) is 3.35. The van der Waals surface area contributed by atoms with Gasteiger partial charge in [-0.1, -0.05) is 12.1 Å². The smallest absolute Gasteiger partial charge is 0.416 e. The maximum atomic E-state index is 12.9. The summed E-state index contributed by atoms with van der Waals surface area (Å²) in [6.45, 7) is 0.970. The van der Waals surface area contributed by atoms with Crippen LogP contribution in [0.5, 0.6) is 0 Å². The van der Waals surface area contributed by atoms with Gasteiger partial charge in [0.05, 0.1) is 11.7 Å². The van der Waals surface area contributed by atoms with Crippen LogP contribution in [0.4, 0.5) is 13.2 Å². The zero-order chi connectivity index (χ0) is 20.1. The first-order valence-corrected chi connectivity index (χ1v) is 8.66. The van der Waals surface area contributed by atoms with Crippen molar-refractivity contribution < 1.29 is 27.1 Å². The Morgan fingerprint density at radius 1 is 1.32 bits per heavy atom. The molecule has 3 rings (SSSR count). The van der Waals surface area contributed by atoms with Gasteiger partial charge in [-0.25, -0.2) is 0 Å². The van der Waals surface area contributed by atoms with E-state index in [-0.39, 0.29) is 28.8 Å². The van der Waals surface area contributed by atoms with E-state index in [4.69, 9.17) is 9.15 Å². The molecule has 1 aromatic heterocycles. The lowest BCUT2D eigenvalue weighted by atomic mass is 10.1. The highest BCUT2D eigenvalue weighted by molar-refractivity contribution is 6.01. The van der Waals surface area contributed by atoms with Crippen molar-refractivity contribution >= 4 is 12.0 Å². The molecular weight excluding hydrogens is 373 g/mol. The van der Waals surface area contributed by atoms with E-state index in [1.165, 1.54) is 30.3 Å². The van der Waals surface area contributed by atoms with Crippen molar-refractivity contribution in [3.8, 4) is 17.4 Å². The van der Waals surface area contributed by atoms with Crippen LogP contribution >= 0.6 is 0 Å². The number of alkyl halides is 3. The van der Waals surface area contributed by atoms with Crippen LogP contribution in [0, 0.1) is 11.3 Å². The van der Waals surface area contributed by atoms with Crippen LogP contribution in [-0.2, 0) is 15.7 Å². The van der Waals surface area contributed by atoms with E-state index in [1.54, 1.807) is 6.07 Å². The van der Waals surface area contributed by atoms with Crippen molar-refractivity contribution in [1.82, 2.24) is 5.32 Å². The molecule has 1 aromatic carbocycles. The molecule has 0 radical (unpaired) electrons. The van der Waals surface area contributed by atoms with Gasteiger partial charge >= 0.3 is 6.18 Å². The normalized spacial score (nSPS) is 17.4. The molecule has 1 N–H and O–H groups in total. The highest BCUT2D eigenvalue weighted by Crippen LogP contribution is 2.32. The zero-order valence-electron chi connectivity index (χ0n) is 14.8. The topological polar surface area (TPSA) is 75.3 Å². The van der Waals surface area contributed by atoms with Crippen molar-refractivity contribution in [1.29, 1.82) is 5.26 Å². The fourth-order valence-corrected chi connectivity index (χ4v) is 2.83. The lowest BCUT2D eigenvalue weighted by Gasteiger charge is -2.09. The summed E-state index contributed by atoms with van der Waals surface area (Å²) in [4.78, 5) is 12.1. The second-order valence-electron chi connectivity index (χ2n) is 6.30. The molecule has 5 nitrogen and oxygen atoms in total. The van der Waals surface area contributed by atoms with E-state index >= 15 is 0 Å². The fourth-order valence-electron chi connectivity index (χ4n) is 2.83. The minimum absolute atomic E-state index is 0.0555. The van der Waals surface area contributed by atoms with Gasteiger partial charge in [-0.15, -0.1) is 0 Å². The summed E-state index contributed by atoms with van der Waals surface area (Å²) >= 11 is 0. The Morgan fingerprint density at radius 3 is 2.82 bits per heavy atom. The molecule has 0 spiro atoms. The molecule has 1 amide bonds. The predicted molar refractivity (Wildman–Crippen MR) is 94.7 cm³/mol. The van der Waals surface area contributed by atoms with Crippen LogP contribution in [-0.4, -0.2) is 25.2 Å². The number of hydrogen-bond donors (Lipinski definition) is 1. The molecule has 28 heavy (non-hydrogen) atoms. The molecule has 0 saturated carbocycles. The van der Waals surface area contributed by atoms with Gasteiger partial charge in [-0.3, -0.25) is 4.79 Å². The van der Waals surface area contributed by atoms with Gasteiger partial charge in [0.1, 0.15) is 23.2 Å². The molecule has 2 aromatic rings. The Kier molecular flexibility index (Phi) is 5.85. The number of furan rings is 1. The third-order valence-electron chi connectivity index (χ3n) is 4.27. The number of nitrogens with one attached hydrogen (secondary N) is 1. The molecule has 1 saturated heterocycles. The van der Waals surface area contributed by atoms with E-state index in [9.17, 15) is 23.2 Å². The Hall–Kier alpha value is -3.05. The van der Waals surface area contributed by atoms with Crippen molar-refractivity contribution in [2.75, 3.05) is 13.2 Å². The maximum Gasteiger partial charge on any atom is 0.416 e. The van der Waals surface area contributed by atoms with Crippen LogP contribution < -0.4 is 5.32 Å². The zero-order valence-corrected chi connectivity index (χ0v) is 14.8. The second-order valence-corrected chi connectivity index (χ2v) is 6.30. The number of nitrogens with zero attached hydrogens (tertiary/aromatic N) is 1. The largest absolute Gasteiger partial charge is 0.457 e. The maximum absolute atomic E-state index is 12.9. The van der Waals surface area contributed by atoms with Gasteiger partial charge in [0.25, 0.3) is 5.91 Å². The quantitative estimate of drug-likeness (QED) is 0.614. The molecule has 146 valence electrons. The standard InChI is InChI=1S/C20H17F3N2O3/c21-20(22,23)15-4-1-3-13(9-15)18-7-6-16(28-18)10-14(11-24)19(26)25-12-17-5-2-8-27-17/h1,3-4,6-7,9-10,17H,2,5,8,12H2,(H,25,26). The SMILES string of the molecule is N#CC(=Cc1ccc(-c2cccc(C(F)(F)F)c2)o1)C(=O)NCC1CCCO1. The number of amides is 1. The first-order chi connectivity index (χ1) is 13.4. The summed E-state index contributed by atoms with van der Waals surface area (Å²) in [6, 6.07) is 9.50. The van der Waals surface area contributed by atoms with E-state index in [2.05, 4.69) is 5.32 Å². The first-order valence-electron chi connectivity index (χ1n) is 8.66. The minimum Gasteiger partial charge on any atom is -0.457 e. The third kappa shape index (κ3) is 4.81. The third-order valence-corrected chi connectivity index (χ3v) is 4.27. The van der Waals surface area contributed by atoms with Crippen molar-refractivity contribution in [3.05, 3.63) is 53.3 Å². The molecule has 0 aliphatic carbocycles. The summed E-state index contributed by atoms with van der Waals surface area (Å²) in [6.07, 6.45) is -1.47. The van der Waals surface area contributed by atoms with Crippen molar-refractivity contribution in [3.63, 3.8) is 0 Å². The van der Waals surface area contributed by atoms with E-state index in [1.807, 2.05) is 0 Å². The number of carbonyl (C=O) groups excluding carboxylic acids is 1. The summed E-state index contributed by atoms with van der Waals surface area (Å²) in [7, 11) is 0. The first kappa shape index (κ1) is 19.7. The van der Waals surface area contributed by atoms with E-state index in [0.717, 1.165) is 25.0 Å². The monoisotopic (exact) mass is 390 g/mol. The lowest BCUT2D eigenvalue weighted by Crippen LogP contribution is -2.32. The molecule has 0 bridgehead atoms. The van der Waals surface area contributed by atoms with Crippen LogP contribution in [0.3, 0.4) is 0 Å². The van der Waals surface area contributed by atoms with Crippen LogP contribution in [0.1, 0.15) is 24.2 Å². The summed E-state index contributed by atoms with van der Waals surface area (Å²) in [5, 5.41) is 11.9. The number of hydrogen-bond acceptors (Lipinski definition) is 4. The van der Waals surface area contributed by atoms with Crippen LogP contribution in [0.2, 0.25) is 0 Å². The minimum atomic E-state index is -4.46. The molecule has 2 heterocycles. The Labute approximate surface area is 159 Å². The Balaban J connectivity index is 1.73. The summed E-state index contributed by atoms with van der Waals surface area (Å²) < 4.78 is 49.5. The number of ether oxygens (including phenoxy) is 1. The summed E-state index contributed by atoms with van der Waals surface area (Å²) in [5.74, 6) is -0.166. The molecule has 8 heteroatoms. The Bertz CT molecular complexity index is 919. The number of carbonyl (C=O) groups is 1. The molecule has 1 aliphatic heterocycles. The molecule has 1 atom stereocenters. The van der Waals surface area contributed by atoms with Gasteiger partial charge in [0.15, 0.2) is 0 Å². The van der Waals surface area contributed by atoms with E-state index < -0.39 is 17.6 Å². The molecular formula is C20H17F3N2O3. The van der Waals surface area contributed by atoms with Crippen molar-refractivity contribution in [2.45, 2.75) is 25.1 Å². The van der Waals surface area contributed by atoms with Crippen LogP contribution in [0.25, 0.3) is 17.4 Å². The van der Waals surface area contributed by atoms with Gasteiger partial charge in [-0.05, 0) is 37.1 Å². The lowest BCUT2D eigenvalue weighted by molar-refractivity contribution is -0.137. The average molecular weight is 390 g/mol. The van der Waals surface area contributed by atoms with Gasteiger partial charge in [0, 0.05) is 24.8 Å². The van der Waals surface area contributed by atoms with E-state index in [0.29, 0.717) is 13.2 Å². The predicted octanol–water partition coefficient (Wildman–Crippen LogP) is 4.17. The van der Waals surface area contributed by atoms with Gasteiger partial charge in [0.2, 0.25) is 0 Å². The van der Waals surface area contributed by atoms with Crippen molar-refractivity contribution in [2.24, 2.45) is 0 Å². The molecule has 1 aliphatic rings. The number of benzene rings is 1. The number of halogens is 3.